The molecule has 0 spiro atoms. The number of aliphatic hydroxyl groups excluding tert-OH is 1. The fourth-order valence-electron chi connectivity index (χ4n) is 2.19. The third kappa shape index (κ3) is 2.96. The van der Waals surface area contributed by atoms with E-state index in [2.05, 4.69) is 4.98 Å². The highest BCUT2D eigenvalue weighted by molar-refractivity contribution is 7.12. The third-order valence-electron chi connectivity index (χ3n) is 3.23. The first-order valence-electron chi connectivity index (χ1n) is 6.26. The van der Waals surface area contributed by atoms with Crippen LogP contribution in [0.15, 0.2) is 18.3 Å². The summed E-state index contributed by atoms with van der Waals surface area (Å²) in [5, 5.41) is 10.3. The highest BCUT2D eigenvalue weighted by Gasteiger charge is 2.16. The number of aliphatic hydroxyl groups is 1. The van der Waals surface area contributed by atoms with Crippen LogP contribution in [0.5, 0.6) is 5.75 Å². The molecule has 0 aliphatic carbocycles. The molecule has 2 heterocycles. The summed E-state index contributed by atoms with van der Waals surface area (Å²) in [6, 6.07) is 4.00. The van der Waals surface area contributed by atoms with E-state index < -0.39 is 6.10 Å². The third-order valence-corrected chi connectivity index (χ3v) is 4.33. The van der Waals surface area contributed by atoms with E-state index in [4.69, 9.17) is 4.74 Å². The number of hydrogen-bond acceptors (Lipinski definition) is 4. The molecule has 3 nitrogen and oxygen atoms in total. The SMILES string of the molecule is COc1c(C)cnc(CC(O)c2ccc(C)s2)c1C. The van der Waals surface area contributed by atoms with E-state index in [1.54, 1.807) is 24.6 Å². The van der Waals surface area contributed by atoms with Crippen molar-refractivity contribution in [2.45, 2.75) is 33.3 Å². The molecular formula is C15H19NO2S. The van der Waals surface area contributed by atoms with E-state index in [0.29, 0.717) is 6.42 Å². The average molecular weight is 277 g/mol. The monoisotopic (exact) mass is 277 g/mol. The van der Waals surface area contributed by atoms with Crippen LogP contribution in [0.4, 0.5) is 0 Å². The molecule has 2 aromatic rings. The molecule has 1 atom stereocenters. The number of thiophene rings is 1. The van der Waals surface area contributed by atoms with Crippen LogP contribution in [0, 0.1) is 20.8 Å². The Morgan fingerprint density at radius 1 is 1.32 bits per heavy atom. The molecule has 0 fully saturated rings. The van der Waals surface area contributed by atoms with Crippen molar-refractivity contribution in [3.8, 4) is 5.75 Å². The van der Waals surface area contributed by atoms with Gasteiger partial charge in [0.25, 0.3) is 0 Å². The van der Waals surface area contributed by atoms with Crippen LogP contribution in [0.2, 0.25) is 0 Å². The van der Waals surface area contributed by atoms with Gasteiger partial charge in [-0.25, -0.2) is 0 Å². The molecule has 1 unspecified atom stereocenters. The molecule has 0 aliphatic heterocycles. The maximum atomic E-state index is 10.3. The fourth-order valence-corrected chi connectivity index (χ4v) is 3.06. The maximum Gasteiger partial charge on any atom is 0.128 e. The lowest BCUT2D eigenvalue weighted by Gasteiger charge is -2.14. The maximum absolute atomic E-state index is 10.3. The quantitative estimate of drug-likeness (QED) is 0.932. The van der Waals surface area contributed by atoms with Crippen molar-refractivity contribution in [3.63, 3.8) is 0 Å². The Balaban J connectivity index is 2.24. The van der Waals surface area contributed by atoms with Crippen LogP contribution < -0.4 is 4.74 Å². The molecular weight excluding hydrogens is 258 g/mol. The number of nitrogens with zero attached hydrogens (tertiary/aromatic N) is 1. The molecule has 0 aromatic carbocycles. The molecule has 2 aromatic heterocycles. The summed E-state index contributed by atoms with van der Waals surface area (Å²) >= 11 is 1.63. The van der Waals surface area contributed by atoms with Gasteiger partial charge in [-0.15, -0.1) is 11.3 Å². The second-order valence-corrected chi connectivity index (χ2v) is 6.03. The van der Waals surface area contributed by atoms with Gasteiger partial charge < -0.3 is 9.84 Å². The molecule has 1 N–H and O–H groups in total. The first kappa shape index (κ1) is 14.0. The van der Waals surface area contributed by atoms with Crippen molar-refractivity contribution >= 4 is 11.3 Å². The van der Waals surface area contributed by atoms with Gasteiger partial charge in [0, 0.05) is 39.2 Å². The van der Waals surface area contributed by atoms with Gasteiger partial charge in [0.15, 0.2) is 0 Å². The second-order valence-electron chi connectivity index (χ2n) is 4.71. The molecule has 0 saturated carbocycles. The van der Waals surface area contributed by atoms with Crippen molar-refractivity contribution in [2.75, 3.05) is 7.11 Å². The van der Waals surface area contributed by atoms with Crippen LogP contribution in [0.25, 0.3) is 0 Å². The summed E-state index contributed by atoms with van der Waals surface area (Å²) in [5.41, 5.74) is 2.92. The predicted molar refractivity (Wildman–Crippen MR) is 78.0 cm³/mol. The van der Waals surface area contributed by atoms with Crippen molar-refractivity contribution in [1.82, 2.24) is 4.98 Å². The van der Waals surface area contributed by atoms with Crippen molar-refractivity contribution < 1.29 is 9.84 Å². The zero-order chi connectivity index (χ0) is 14.0. The zero-order valence-electron chi connectivity index (χ0n) is 11.7. The topological polar surface area (TPSA) is 42.4 Å². The molecule has 19 heavy (non-hydrogen) atoms. The van der Waals surface area contributed by atoms with Crippen molar-refractivity contribution in [2.24, 2.45) is 0 Å². The number of pyridine rings is 1. The minimum atomic E-state index is -0.502. The van der Waals surface area contributed by atoms with Gasteiger partial charge >= 0.3 is 0 Å². The molecule has 4 heteroatoms. The standard InChI is InChI=1S/C15H19NO2S/c1-9-8-16-12(11(3)15(9)18-4)7-13(17)14-6-5-10(2)19-14/h5-6,8,13,17H,7H2,1-4H3. The van der Waals surface area contributed by atoms with E-state index >= 15 is 0 Å². The van der Waals surface area contributed by atoms with E-state index in [1.165, 1.54) is 4.88 Å². The van der Waals surface area contributed by atoms with Crippen molar-refractivity contribution in [1.29, 1.82) is 0 Å². The predicted octanol–water partition coefficient (Wildman–Crippen LogP) is 3.35. The Labute approximate surface area is 117 Å². The van der Waals surface area contributed by atoms with E-state index in [1.807, 2.05) is 32.9 Å². The Morgan fingerprint density at radius 3 is 2.63 bits per heavy atom. The van der Waals surface area contributed by atoms with Crippen LogP contribution in [-0.4, -0.2) is 17.2 Å². The van der Waals surface area contributed by atoms with E-state index in [9.17, 15) is 5.11 Å². The largest absolute Gasteiger partial charge is 0.496 e. The number of rotatable bonds is 4. The Morgan fingerprint density at radius 2 is 2.05 bits per heavy atom. The summed E-state index contributed by atoms with van der Waals surface area (Å²) in [6.45, 7) is 6.00. The first-order chi connectivity index (χ1) is 9.02. The lowest BCUT2D eigenvalue weighted by atomic mass is 10.1. The number of hydrogen-bond donors (Lipinski definition) is 1. The highest BCUT2D eigenvalue weighted by atomic mass is 32.1. The fraction of sp³-hybridized carbons (Fsp3) is 0.400. The molecule has 0 aliphatic rings. The van der Waals surface area contributed by atoms with Crippen LogP contribution in [-0.2, 0) is 6.42 Å². The van der Waals surface area contributed by atoms with Gasteiger partial charge in [-0.1, -0.05) is 0 Å². The summed E-state index contributed by atoms with van der Waals surface area (Å²) in [7, 11) is 1.66. The highest BCUT2D eigenvalue weighted by Crippen LogP contribution is 2.29. The van der Waals surface area contributed by atoms with Crippen molar-refractivity contribution in [3.05, 3.63) is 44.9 Å². The first-order valence-corrected chi connectivity index (χ1v) is 7.08. The lowest BCUT2D eigenvalue weighted by Crippen LogP contribution is -2.05. The summed E-state index contributed by atoms with van der Waals surface area (Å²) in [6.07, 6.45) is 1.81. The molecule has 0 amide bonds. The molecule has 2 rings (SSSR count). The van der Waals surface area contributed by atoms with Gasteiger partial charge in [-0.05, 0) is 32.9 Å². The van der Waals surface area contributed by atoms with Gasteiger partial charge in [-0.3, -0.25) is 4.98 Å². The smallest absolute Gasteiger partial charge is 0.128 e. The van der Waals surface area contributed by atoms with Crippen LogP contribution in [0.3, 0.4) is 0 Å². The van der Waals surface area contributed by atoms with Crippen LogP contribution in [0.1, 0.15) is 32.7 Å². The van der Waals surface area contributed by atoms with Gasteiger partial charge in [-0.2, -0.15) is 0 Å². The Hall–Kier alpha value is -1.39. The van der Waals surface area contributed by atoms with Gasteiger partial charge in [0.05, 0.1) is 13.2 Å². The Bertz CT molecular complexity index is 578. The Kier molecular flexibility index (Phi) is 4.22. The lowest BCUT2D eigenvalue weighted by molar-refractivity contribution is 0.180. The minimum Gasteiger partial charge on any atom is -0.496 e. The van der Waals surface area contributed by atoms with Gasteiger partial charge in [0.2, 0.25) is 0 Å². The number of ether oxygens (including phenoxy) is 1. The summed E-state index contributed by atoms with van der Waals surface area (Å²) in [4.78, 5) is 6.62. The second kappa shape index (κ2) is 5.72. The summed E-state index contributed by atoms with van der Waals surface area (Å²) < 4.78 is 5.39. The number of aryl methyl sites for hydroxylation is 2. The normalized spacial score (nSPS) is 12.5. The van der Waals surface area contributed by atoms with E-state index in [0.717, 1.165) is 27.4 Å². The molecule has 102 valence electrons. The van der Waals surface area contributed by atoms with E-state index in [-0.39, 0.29) is 0 Å². The number of methoxy groups -OCH3 is 1. The zero-order valence-corrected chi connectivity index (χ0v) is 12.5. The van der Waals surface area contributed by atoms with Crippen LogP contribution >= 0.6 is 11.3 Å². The molecule has 0 radical (unpaired) electrons. The molecule has 0 bridgehead atoms. The molecule has 0 saturated heterocycles. The van der Waals surface area contributed by atoms with Gasteiger partial charge in [0.1, 0.15) is 5.75 Å². The minimum absolute atomic E-state index is 0.502. The number of aromatic nitrogens is 1. The summed E-state index contributed by atoms with van der Waals surface area (Å²) in [5.74, 6) is 0.861. The average Bonchev–Trinajstić information content (AvgIpc) is 2.80.